The summed E-state index contributed by atoms with van der Waals surface area (Å²) in [6, 6.07) is 12.9. The van der Waals surface area contributed by atoms with E-state index in [2.05, 4.69) is 56.4 Å². The van der Waals surface area contributed by atoms with Gasteiger partial charge in [-0.2, -0.15) is 0 Å². The standard InChI is InChI=1S/C18H25NO/c1-14(2)12-19-13-17(11-18-5-4-10-20-18)16-8-6-15(3)7-9-16/h4-10,14,17,19H,11-13H2,1-3H3. The summed E-state index contributed by atoms with van der Waals surface area (Å²) in [4.78, 5) is 0. The molecule has 0 aliphatic heterocycles. The van der Waals surface area contributed by atoms with Crippen molar-refractivity contribution in [3.8, 4) is 0 Å². The van der Waals surface area contributed by atoms with Crippen LogP contribution in [-0.2, 0) is 6.42 Å². The topological polar surface area (TPSA) is 25.2 Å². The van der Waals surface area contributed by atoms with E-state index in [-0.39, 0.29) is 0 Å². The lowest BCUT2D eigenvalue weighted by molar-refractivity contribution is 0.461. The molecule has 2 aromatic rings. The Morgan fingerprint density at radius 3 is 2.40 bits per heavy atom. The second kappa shape index (κ2) is 7.30. The Morgan fingerprint density at radius 2 is 1.80 bits per heavy atom. The van der Waals surface area contributed by atoms with Crippen molar-refractivity contribution in [2.45, 2.75) is 33.1 Å². The van der Waals surface area contributed by atoms with Crippen LogP contribution in [-0.4, -0.2) is 13.1 Å². The number of hydrogen-bond donors (Lipinski definition) is 1. The third kappa shape index (κ3) is 4.53. The first-order valence-electron chi connectivity index (χ1n) is 7.45. The molecule has 0 amide bonds. The molecule has 1 aromatic carbocycles. The van der Waals surface area contributed by atoms with Crippen LogP contribution in [0.25, 0.3) is 0 Å². The lowest BCUT2D eigenvalue weighted by Crippen LogP contribution is -2.26. The summed E-state index contributed by atoms with van der Waals surface area (Å²) < 4.78 is 5.51. The predicted molar refractivity (Wildman–Crippen MR) is 84.0 cm³/mol. The number of nitrogens with one attached hydrogen (secondary N) is 1. The van der Waals surface area contributed by atoms with Crippen molar-refractivity contribution in [1.29, 1.82) is 0 Å². The summed E-state index contributed by atoms with van der Waals surface area (Å²) in [5.74, 6) is 2.19. The highest BCUT2D eigenvalue weighted by Gasteiger charge is 2.14. The molecule has 0 saturated heterocycles. The van der Waals surface area contributed by atoms with Gasteiger partial charge in [-0.1, -0.05) is 43.7 Å². The highest BCUT2D eigenvalue weighted by Crippen LogP contribution is 2.21. The van der Waals surface area contributed by atoms with E-state index in [1.807, 2.05) is 6.07 Å². The van der Waals surface area contributed by atoms with Crippen molar-refractivity contribution in [2.75, 3.05) is 13.1 Å². The lowest BCUT2D eigenvalue weighted by atomic mass is 9.93. The molecule has 0 aliphatic carbocycles. The monoisotopic (exact) mass is 271 g/mol. The molecule has 0 aliphatic rings. The third-order valence-electron chi connectivity index (χ3n) is 3.52. The molecular weight excluding hydrogens is 246 g/mol. The van der Waals surface area contributed by atoms with Gasteiger partial charge in [-0.15, -0.1) is 0 Å². The quantitative estimate of drug-likeness (QED) is 0.818. The number of aryl methyl sites for hydroxylation is 1. The second-order valence-electron chi connectivity index (χ2n) is 5.94. The Hall–Kier alpha value is -1.54. The molecule has 2 rings (SSSR count). The smallest absolute Gasteiger partial charge is 0.104 e. The minimum absolute atomic E-state index is 0.459. The molecule has 1 aromatic heterocycles. The van der Waals surface area contributed by atoms with Crippen LogP contribution >= 0.6 is 0 Å². The Labute approximate surface area is 122 Å². The normalized spacial score (nSPS) is 12.8. The first-order valence-corrected chi connectivity index (χ1v) is 7.45. The summed E-state index contributed by atoms with van der Waals surface area (Å²) in [6.07, 6.45) is 2.70. The van der Waals surface area contributed by atoms with E-state index in [1.54, 1.807) is 6.26 Å². The minimum Gasteiger partial charge on any atom is -0.469 e. The van der Waals surface area contributed by atoms with Gasteiger partial charge in [0.1, 0.15) is 5.76 Å². The first kappa shape index (κ1) is 14.9. The zero-order chi connectivity index (χ0) is 14.4. The van der Waals surface area contributed by atoms with Crippen LogP contribution < -0.4 is 5.32 Å². The third-order valence-corrected chi connectivity index (χ3v) is 3.52. The number of rotatable bonds is 7. The Balaban J connectivity index is 2.04. The minimum atomic E-state index is 0.459. The Kier molecular flexibility index (Phi) is 5.42. The molecule has 0 radical (unpaired) electrons. The van der Waals surface area contributed by atoms with E-state index in [0.29, 0.717) is 11.8 Å². The van der Waals surface area contributed by atoms with E-state index in [0.717, 1.165) is 25.3 Å². The van der Waals surface area contributed by atoms with Gasteiger partial charge < -0.3 is 9.73 Å². The maximum Gasteiger partial charge on any atom is 0.104 e. The SMILES string of the molecule is Cc1ccc(C(CNCC(C)C)Cc2ccco2)cc1. The molecule has 0 fully saturated rings. The van der Waals surface area contributed by atoms with Crippen molar-refractivity contribution < 1.29 is 4.42 Å². The van der Waals surface area contributed by atoms with Gasteiger partial charge in [0.05, 0.1) is 6.26 Å². The van der Waals surface area contributed by atoms with E-state index in [1.165, 1.54) is 11.1 Å². The zero-order valence-electron chi connectivity index (χ0n) is 12.7. The van der Waals surface area contributed by atoms with Gasteiger partial charge in [-0.3, -0.25) is 0 Å². The van der Waals surface area contributed by atoms with Crippen LogP contribution in [0.4, 0.5) is 0 Å². The van der Waals surface area contributed by atoms with Gasteiger partial charge in [0.15, 0.2) is 0 Å². The van der Waals surface area contributed by atoms with Crippen LogP contribution in [0.15, 0.2) is 47.1 Å². The molecule has 2 heteroatoms. The van der Waals surface area contributed by atoms with Gasteiger partial charge in [0.25, 0.3) is 0 Å². The number of furan rings is 1. The molecule has 0 saturated carbocycles. The maximum atomic E-state index is 5.51. The summed E-state index contributed by atoms with van der Waals surface area (Å²) in [6.45, 7) is 8.64. The molecule has 1 atom stereocenters. The van der Waals surface area contributed by atoms with Gasteiger partial charge in [-0.05, 0) is 37.1 Å². The van der Waals surface area contributed by atoms with Gasteiger partial charge >= 0.3 is 0 Å². The Morgan fingerprint density at radius 1 is 1.05 bits per heavy atom. The average Bonchev–Trinajstić information content (AvgIpc) is 2.91. The van der Waals surface area contributed by atoms with Gasteiger partial charge in [-0.25, -0.2) is 0 Å². The van der Waals surface area contributed by atoms with E-state index in [9.17, 15) is 0 Å². The van der Waals surface area contributed by atoms with Crippen molar-refractivity contribution in [3.05, 3.63) is 59.5 Å². The highest BCUT2D eigenvalue weighted by molar-refractivity contribution is 5.26. The fourth-order valence-electron chi connectivity index (χ4n) is 2.36. The summed E-state index contributed by atoms with van der Waals surface area (Å²) in [7, 11) is 0. The summed E-state index contributed by atoms with van der Waals surface area (Å²) in [5.41, 5.74) is 2.68. The highest BCUT2D eigenvalue weighted by atomic mass is 16.3. The van der Waals surface area contributed by atoms with Crippen LogP contribution in [0.1, 0.15) is 36.7 Å². The largest absolute Gasteiger partial charge is 0.469 e. The van der Waals surface area contributed by atoms with Crippen LogP contribution in [0, 0.1) is 12.8 Å². The molecule has 1 unspecified atom stereocenters. The van der Waals surface area contributed by atoms with Crippen molar-refractivity contribution in [3.63, 3.8) is 0 Å². The lowest BCUT2D eigenvalue weighted by Gasteiger charge is -2.18. The predicted octanol–water partition coefficient (Wildman–Crippen LogP) is 4.16. The number of hydrogen-bond acceptors (Lipinski definition) is 2. The van der Waals surface area contributed by atoms with Crippen molar-refractivity contribution >= 4 is 0 Å². The molecule has 0 spiro atoms. The summed E-state index contributed by atoms with van der Waals surface area (Å²) >= 11 is 0. The van der Waals surface area contributed by atoms with Crippen molar-refractivity contribution in [1.82, 2.24) is 5.32 Å². The van der Waals surface area contributed by atoms with Crippen LogP contribution in [0.3, 0.4) is 0 Å². The fourth-order valence-corrected chi connectivity index (χ4v) is 2.36. The fraction of sp³-hybridized carbons (Fsp3) is 0.444. The van der Waals surface area contributed by atoms with E-state index < -0.39 is 0 Å². The van der Waals surface area contributed by atoms with Gasteiger partial charge in [0, 0.05) is 18.9 Å². The van der Waals surface area contributed by atoms with Crippen LogP contribution in [0.2, 0.25) is 0 Å². The molecule has 108 valence electrons. The van der Waals surface area contributed by atoms with Crippen LogP contribution in [0.5, 0.6) is 0 Å². The molecule has 1 N–H and O–H groups in total. The van der Waals surface area contributed by atoms with Crippen molar-refractivity contribution in [2.24, 2.45) is 5.92 Å². The maximum absolute atomic E-state index is 5.51. The summed E-state index contributed by atoms with van der Waals surface area (Å²) in [5, 5.41) is 3.57. The zero-order valence-corrected chi connectivity index (χ0v) is 12.7. The molecule has 2 nitrogen and oxygen atoms in total. The number of benzene rings is 1. The van der Waals surface area contributed by atoms with E-state index >= 15 is 0 Å². The van der Waals surface area contributed by atoms with E-state index in [4.69, 9.17) is 4.42 Å². The molecule has 1 heterocycles. The second-order valence-corrected chi connectivity index (χ2v) is 5.94. The average molecular weight is 271 g/mol. The molecular formula is C18H25NO. The van der Waals surface area contributed by atoms with Gasteiger partial charge in [0.2, 0.25) is 0 Å². The molecule has 0 bridgehead atoms. The first-order chi connectivity index (χ1) is 9.65. The molecule has 20 heavy (non-hydrogen) atoms. The Bertz CT molecular complexity index is 485.